The van der Waals surface area contributed by atoms with Crippen molar-refractivity contribution in [3.05, 3.63) is 54.6 Å². The second-order valence-corrected chi connectivity index (χ2v) is 6.39. The van der Waals surface area contributed by atoms with Crippen LogP contribution < -0.4 is 5.32 Å². The number of carbonyl (C=O) groups is 1. The van der Waals surface area contributed by atoms with E-state index < -0.39 is 0 Å². The smallest absolute Gasteiger partial charge is 0.245 e. The maximum atomic E-state index is 11.8. The molecule has 0 saturated carbocycles. The predicted octanol–water partition coefficient (Wildman–Crippen LogP) is 2.89. The van der Waals surface area contributed by atoms with Gasteiger partial charge < -0.3 is 10.2 Å². The lowest BCUT2D eigenvalue weighted by Gasteiger charge is -2.32. The van der Waals surface area contributed by atoms with Crippen molar-refractivity contribution >= 4 is 17.5 Å². The minimum Gasteiger partial charge on any atom is -0.339 e. The first-order chi connectivity index (χ1) is 12.2. The number of aromatic nitrogens is 3. The molecule has 0 bridgehead atoms. The Morgan fingerprint density at radius 1 is 1.44 bits per heavy atom. The summed E-state index contributed by atoms with van der Waals surface area (Å²) in [5.74, 6) is 1.96. The van der Waals surface area contributed by atoms with Gasteiger partial charge in [0, 0.05) is 31.0 Å². The molecule has 2 aromatic rings. The number of pyridine rings is 1. The molecular weight excluding hydrogens is 314 g/mol. The zero-order valence-electron chi connectivity index (χ0n) is 14.5. The van der Waals surface area contributed by atoms with E-state index in [1.807, 2.05) is 30.0 Å². The van der Waals surface area contributed by atoms with E-state index in [2.05, 4.69) is 26.8 Å². The van der Waals surface area contributed by atoms with Crippen LogP contribution in [0.25, 0.3) is 0 Å². The van der Waals surface area contributed by atoms with E-state index in [1.165, 1.54) is 6.08 Å². The highest BCUT2D eigenvalue weighted by atomic mass is 16.2. The standard InChI is InChI=1S/C19H23N5O/c1-3-18(25)24-9-5-7-15(12-24)10-16-11-17(22-13-21-16)23-19-14(2)6-4-8-20-19/h3-4,6,8,11,13,15H,1,5,7,9-10,12H2,2H3,(H,20,21,22,23)/t15-/m0/s1. The van der Waals surface area contributed by atoms with Gasteiger partial charge in [0.15, 0.2) is 0 Å². The van der Waals surface area contributed by atoms with Gasteiger partial charge in [-0.05, 0) is 49.8 Å². The maximum Gasteiger partial charge on any atom is 0.245 e. The number of amides is 1. The van der Waals surface area contributed by atoms with Crippen LogP contribution >= 0.6 is 0 Å². The minimum absolute atomic E-state index is 0.0142. The first kappa shape index (κ1) is 17.1. The lowest BCUT2D eigenvalue weighted by molar-refractivity contribution is -0.127. The fourth-order valence-corrected chi connectivity index (χ4v) is 3.17. The molecule has 1 fully saturated rings. The molecule has 0 radical (unpaired) electrons. The van der Waals surface area contributed by atoms with Gasteiger partial charge in [0.05, 0.1) is 0 Å². The maximum absolute atomic E-state index is 11.8. The van der Waals surface area contributed by atoms with Crippen molar-refractivity contribution < 1.29 is 4.79 Å². The number of hydrogen-bond donors (Lipinski definition) is 1. The first-order valence-corrected chi connectivity index (χ1v) is 8.56. The van der Waals surface area contributed by atoms with Gasteiger partial charge in [-0.25, -0.2) is 15.0 Å². The molecule has 1 atom stereocenters. The Labute approximate surface area is 148 Å². The minimum atomic E-state index is 0.0142. The highest BCUT2D eigenvalue weighted by Crippen LogP contribution is 2.22. The summed E-state index contributed by atoms with van der Waals surface area (Å²) in [6.45, 7) is 7.16. The van der Waals surface area contributed by atoms with Gasteiger partial charge in [0.25, 0.3) is 0 Å². The van der Waals surface area contributed by atoms with Gasteiger partial charge in [-0.15, -0.1) is 0 Å². The molecule has 6 heteroatoms. The predicted molar refractivity (Wildman–Crippen MR) is 97.5 cm³/mol. The molecular formula is C19H23N5O. The summed E-state index contributed by atoms with van der Waals surface area (Å²) in [7, 11) is 0. The summed E-state index contributed by atoms with van der Waals surface area (Å²) in [6, 6.07) is 5.87. The fourth-order valence-electron chi connectivity index (χ4n) is 3.17. The van der Waals surface area contributed by atoms with Crippen LogP contribution in [0.2, 0.25) is 0 Å². The number of anilines is 2. The van der Waals surface area contributed by atoms with Gasteiger partial charge in [-0.2, -0.15) is 0 Å². The van der Waals surface area contributed by atoms with Crippen molar-refractivity contribution in [1.82, 2.24) is 19.9 Å². The van der Waals surface area contributed by atoms with Gasteiger partial charge in [-0.1, -0.05) is 12.6 Å². The van der Waals surface area contributed by atoms with Crippen LogP contribution in [-0.4, -0.2) is 38.8 Å². The third-order valence-corrected chi connectivity index (χ3v) is 4.48. The summed E-state index contributed by atoms with van der Waals surface area (Å²) in [5.41, 5.74) is 2.04. The molecule has 0 unspecified atom stereocenters. The molecule has 6 nitrogen and oxygen atoms in total. The molecule has 0 spiro atoms. The zero-order chi connectivity index (χ0) is 17.6. The summed E-state index contributed by atoms with van der Waals surface area (Å²) in [5, 5.41) is 3.25. The van der Waals surface area contributed by atoms with Gasteiger partial charge in [-0.3, -0.25) is 4.79 Å². The molecule has 1 saturated heterocycles. The number of nitrogens with zero attached hydrogens (tertiary/aromatic N) is 4. The molecule has 3 rings (SSSR count). The lowest BCUT2D eigenvalue weighted by Crippen LogP contribution is -2.39. The molecule has 130 valence electrons. The van der Waals surface area contributed by atoms with Crippen molar-refractivity contribution in [3.8, 4) is 0 Å². The average molecular weight is 337 g/mol. The highest BCUT2D eigenvalue weighted by Gasteiger charge is 2.22. The number of carbonyl (C=O) groups excluding carboxylic acids is 1. The van der Waals surface area contributed by atoms with Gasteiger partial charge >= 0.3 is 0 Å². The van der Waals surface area contributed by atoms with Gasteiger partial charge in [0.1, 0.15) is 18.0 Å². The SMILES string of the molecule is C=CC(=O)N1CCC[C@@H](Cc2cc(Nc3ncccc3C)ncn2)C1. The third kappa shape index (κ3) is 4.41. The highest BCUT2D eigenvalue weighted by molar-refractivity contribution is 5.87. The fraction of sp³-hybridized carbons (Fsp3) is 0.368. The van der Waals surface area contributed by atoms with E-state index in [1.54, 1.807) is 12.5 Å². The molecule has 3 heterocycles. The van der Waals surface area contributed by atoms with Crippen LogP contribution in [0.4, 0.5) is 11.6 Å². The van der Waals surface area contributed by atoms with E-state index in [9.17, 15) is 4.79 Å². The Balaban J connectivity index is 1.66. The monoisotopic (exact) mass is 337 g/mol. The molecule has 0 aliphatic carbocycles. The molecule has 2 aromatic heterocycles. The van der Waals surface area contributed by atoms with Crippen LogP contribution in [0.3, 0.4) is 0 Å². The first-order valence-electron chi connectivity index (χ1n) is 8.56. The van der Waals surface area contributed by atoms with E-state index in [4.69, 9.17) is 0 Å². The average Bonchev–Trinajstić information content (AvgIpc) is 2.63. The molecule has 25 heavy (non-hydrogen) atoms. The van der Waals surface area contributed by atoms with Crippen molar-refractivity contribution in [1.29, 1.82) is 0 Å². The van der Waals surface area contributed by atoms with Crippen LogP contribution in [0.15, 0.2) is 43.4 Å². The molecule has 0 aromatic carbocycles. The second-order valence-electron chi connectivity index (χ2n) is 6.39. The van der Waals surface area contributed by atoms with E-state index >= 15 is 0 Å². The van der Waals surface area contributed by atoms with Crippen LogP contribution in [0.1, 0.15) is 24.1 Å². The third-order valence-electron chi connectivity index (χ3n) is 4.48. The van der Waals surface area contributed by atoms with Crippen LogP contribution in [-0.2, 0) is 11.2 Å². The lowest BCUT2D eigenvalue weighted by atomic mass is 9.93. The molecule has 1 aliphatic heterocycles. The zero-order valence-corrected chi connectivity index (χ0v) is 14.5. The summed E-state index contributed by atoms with van der Waals surface area (Å²) < 4.78 is 0. The van der Waals surface area contributed by atoms with Crippen LogP contribution in [0, 0.1) is 12.8 Å². The number of nitrogens with one attached hydrogen (secondary N) is 1. The normalized spacial score (nSPS) is 17.2. The number of hydrogen-bond acceptors (Lipinski definition) is 5. The van der Waals surface area contributed by atoms with Crippen molar-refractivity contribution in [3.63, 3.8) is 0 Å². The van der Waals surface area contributed by atoms with E-state index in [0.29, 0.717) is 5.92 Å². The Hall–Kier alpha value is -2.76. The van der Waals surface area contributed by atoms with Crippen molar-refractivity contribution in [2.45, 2.75) is 26.2 Å². The number of piperidine rings is 1. The van der Waals surface area contributed by atoms with Gasteiger partial charge in [0.2, 0.25) is 5.91 Å². The molecule has 1 amide bonds. The van der Waals surface area contributed by atoms with Crippen LogP contribution in [0.5, 0.6) is 0 Å². The summed E-state index contributed by atoms with van der Waals surface area (Å²) >= 11 is 0. The molecule has 1 aliphatic rings. The number of rotatable bonds is 5. The number of aryl methyl sites for hydroxylation is 1. The second kappa shape index (κ2) is 7.88. The molecule has 1 N–H and O–H groups in total. The Morgan fingerprint density at radius 2 is 2.32 bits per heavy atom. The van der Waals surface area contributed by atoms with E-state index in [-0.39, 0.29) is 5.91 Å². The largest absolute Gasteiger partial charge is 0.339 e. The Kier molecular flexibility index (Phi) is 5.38. The number of likely N-dealkylation sites (tertiary alicyclic amines) is 1. The van der Waals surface area contributed by atoms with Crippen molar-refractivity contribution in [2.75, 3.05) is 18.4 Å². The Bertz CT molecular complexity index is 761. The quantitative estimate of drug-likeness (QED) is 0.850. The van der Waals surface area contributed by atoms with Crippen molar-refractivity contribution in [2.24, 2.45) is 5.92 Å². The Morgan fingerprint density at radius 3 is 3.12 bits per heavy atom. The summed E-state index contributed by atoms with van der Waals surface area (Å²) in [4.78, 5) is 26.7. The topological polar surface area (TPSA) is 71.0 Å². The summed E-state index contributed by atoms with van der Waals surface area (Å²) in [6.07, 6.45) is 7.68. The van der Waals surface area contributed by atoms with E-state index in [0.717, 1.165) is 55.2 Å².